The molecule has 33 heavy (non-hydrogen) atoms. The van der Waals surface area contributed by atoms with Crippen LogP contribution in [-0.2, 0) is 12.1 Å². The number of pyridine rings is 1. The first-order valence-corrected chi connectivity index (χ1v) is 11.8. The maximum atomic E-state index is 12.9. The van der Waals surface area contributed by atoms with Crippen LogP contribution in [0, 0.1) is 0 Å². The van der Waals surface area contributed by atoms with Gasteiger partial charge in [-0.1, -0.05) is 20.3 Å². The predicted molar refractivity (Wildman–Crippen MR) is 128 cm³/mol. The van der Waals surface area contributed by atoms with Crippen molar-refractivity contribution in [2.75, 3.05) is 19.8 Å². The highest BCUT2D eigenvalue weighted by molar-refractivity contribution is 5.80. The van der Waals surface area contributed by atoms with E-state index in [4.69, 9.17) is 4.74 Å². The predicted octanol–water partition coefficient (Wildman–Crippen LogP) is 3.39. The van der Waals surface area contributed by atoms with Gasteiger partial charge in [0, 0.05) is 29.6 Å². The van der Waals surface area contributed by atoms with Gasteiger partial charge in [0.25, 0.3) is 5.56 Å². The smallest absolute Gasteiger partial charge is 0.252 e. The highest BCUT2D eigenvalue weighted by Gasteiger charge is 2.31. The molecule has 3 rings (SSSR count). The van der Waals surface area contributed by atoms with Gasteiger partial charge in [-0.2, -0.15) is 0 Å². The fourth-order valence-electron chi connectivity index (χ4n) is 4.03. The van der Waals surface area contributed by atoms with Gasteiger partial charge >= 0.3 is 0 Å². The minimum absolute atomic E-state index is 0.0288. The molecule has 2 aromatic heterocycles. The summed E-state index contributed by atoms with van der Waals surface area (Å²) < 4.78 is 7.50. The number of aromatic amines is 1. The second-order valence-corrected chi connectivity index (χ2v) is 8.92. The summed E-state index contributed by atoms with van der Waals surface area (Å²) in [5.41, 5.74) is 1.00. The zero-order valence-electron chi connectivity index (χ0n) is 20.3. The second kappa shape index (κ2) is 10.9. The van der Waals surface area contributed by atoms with Gasteiger partial charge in [-0.15, -0.1) is 5.10 Å². The first-order valence-electron chi connectivity index (χ1n) is 11.8. The summed E-state index contributed by atoms with van der Waals surface area (Å²) in [4.78, 5) is 18.0. The van der Waals surface area contributed by atoms with Gasteiger partial charge in [0.05, 0.1) is 24.8 Å². The van der Waals surface area contributed by atoms with Crippen molar-refractivity contribution >= 4 is 10.9 Å². The molecule has 180 valence electrons. The van der Waals surface area contributed by atoms with Gasteiger partial charge in [0.1, 0.15) is 5.75 Å². The molecule has 0 amide bonds. The summed E-state index contributed by atoms with van der Waals surface area (Å²) in [7, 11) is 0. The summed E-state index contributed by atoms with van der Waals surface area (Å²) in [5, 5.41) is 23.4. The first-order chi connectivity index (χ1) is 15.8. The third-order valence-corrected chi connectivity index (χ3v) is 6.20. The van der Waals surface area contributed by atoms with E-state index in [1.165, 1.54) is 0 Å². The molecule has 0 saturated heterocycles. The Hall–Kier alpha value is -2.78. The molecule has 0 saturated carbocycles. The topological polar surface area (TPSA) is 109 Å². The van der Waals surface area contributed by atoms with E-state index in [0.29, 0.717) is 25.3 Å². The lowest BCUT2D eigenvalue weighted by molar-refractivity contribution is 0.122. The molecule has 0 fully saturated rings. The maximum absolute atomic E-state index is 12.9. The van der Waals surface area contributed by atoms with Crippen LogP contribution in [0.3, 0.4) is 0 Å². The summed E-state index contributed by atoms with van der Waals surface area (Å²) in [6.45, 7) is 11.7. The average molecular weight is 457 g/mol. The molecule has 3 aromatic rings. The number of H-pyrrole nitrogens is 1. The molecule has 0 radical (unpaired) electrons. The molecule has 0 aliphatic rings. The van der Waals surface area contributed by atoms with Crippen LogP contribution in [0.5, 0.6) is 5.75 Å². The highest BCUT2D eigenvalue weighted by atomic mass is 16.5. The van der Waals surface area contributed by atoms with E-state index in [2.05, 4.69) is 53.1 Å². The number of rotatable bonds is 12. The molecule has 1 aromatic carbocycles. The molecule has 0 aliphatic carbocycles. The lowest BCUT2D eigenvalue weighted by Gasteiger charge is -2.33. The number of tetrazole rings is 1. The number of hydrogen-bond donors (Lipinski definition) is 2. The van der Waals surface area contributed by atoms with Crippen LogP contribution >= 0.6 is 0 Å². The van der Waals surface area contributed by atoms with Crippen LogP contribution in [0.4, 0.5) is 0 Å². The van der Waals surface area contributed by atoms with Crippen LogP contribution in [-0.4, -0.2) is 55.0 Å². The standard InChI is InChI=1S/C24H36N6O3/c1-6-9-21(22-26-27-28-30(22)24(4,5)7-2)29(12-13-31)16-18-14-17-15-19(33-8-3)10-11-20(17)25-23(18)32/h10-11,14-15,21,31H,6-9,12-13,16H2,1-5H3,(H,25,32)/t21-/m0/s1. The number of nitrogens with one attached hydrogen (secondary N) is 1. The Morgan fingerprint density at radius 3 is 2.70 bits per heavy atom. The number of aliphatic hydroxyl groups is 1. The summed E-state index contributed by atoms with van der Waals surface area (Å²) in [5.74, 6) is 1.52. The van der Waals surface area contributed by atoms with Gasteiger partial charge < -0.3 is 14.8 Å². The Bertz CT molecular complexity index is 1110. The largest absolute Gasteiger partial charge is 0.494 e. The molecule has 9 nitrogen and oxygen atoms in total. The highest BCUT2D eigenvalue weighted by Crippen LogP contribution is 2.30. The van der Waals surface area contributed by atoms with Gasteiger partial charge in [0.2, 0.25) is 0 Å². The van der Waals surface area contributed by atoms with Crippen LogP contribution in [0.2, 0.25) is 0 Å². The number of aliphatic hydroxyl groups excluding tert-OH is 1. The Morgan fingerprint density at radius 1 is 1.24 bits per heavy atom. The van der Waals surface area contributed by atoms with E-state index in [1.807, 2.05) is 35.9 Å². The molecule has 2 heterocycles. The summed E-state index contributed by atoms with van der Waals surface area (Å²) >= 11 is 0. The van der Waals surface area contributed by atoms with Crippen molar-refractivity contribution in [2.45, 2.75) is 72.0 Å². The van der Waals surface area contributed by atoms with Crippen molar-refractivity contribution in [1.82, 2.24) is 30.1 Å². The minimum atomic E-state index is -0.244. The SMILES string of the molecule is CCC[C@@H](c1nnnn1C(C)(C)CC)N(CCO)Cc1cc2cc(OCC)ccc2[nH]c1=O. The Morgan fingerprint density at radius 2 is 2.03 bits per heavy atom. The van der Waals surface area contributed by atoms with E-state index >= 15 is 0 Å². The van der Waals surface area contributed by atoms with Crippen LogP contribution < -0.4 is 10.3 Å². The molecule has 0 aliphatic heterocycles. The fraction of sp³-hybridized carbons (Fsp3) is 0.583. The average Bonchev–Trinajstić information content (AvgIpc) is 3.28. The number of ether oxygens (including phenoxy) is 1. The Kier molecular flexibility index (Phi) is 8.20. The first kappa shape index (κ1) is 24.9. The van der Waals surface area contributed by atoms with Crippen molar-refractivity contribution in [1.29, 1.82) is 0 Å². The van der Waals surface area contributed by atoms with Crippen LogP contribution in [0.1, 0.15) is 71.3 Å². The van der Waals surface area contributed by atoms with Crippen molar-refractivity contribution in [2.24, 2.45) is 0 Å². The Balaban J connectivity index is 2.01. The third kappa shape index (κ3) is 5.59. The molecule has 2 N–H and O–H groups in total. The number of hydrogen-bond acceptors (Lipinski definition) is 7. The van der Waals surface area contributed by atoms with Crippen LogP contribution in [0.25, 0.3) is 10.9 Å². The number of benzene rings is 1. The van der Waals surface area contributed by atoms with E-state index in [-0.39, 0.29) is 23.7 Å². The number of nitrogens with zero attached hydrogens (tertiary/aromatic N) is 5. The molecule has 9 heteroatoms. The van der Waals surface area contributed by atoms with Gasteiger partial charge in [-0.3, -0.25) is 9.69 Å². The maximum Gasteiger partial charge on any atom is 0.252 e. The summed E-state index contributed by atoms with van der Waals surface area (Å²) in [6, 6.07) is 7.42. The number of aromatic nitrogens is 5. The zero-order chi connectivity index (χ0) is 24.0. The molecular formula is C24H36N6O3. The summed E-state index contributed by atoms with van der Waals surface area (Å²) in [6.07, 6.45) is 2.59. The van der Waals surface area contributed by atoms with Gasteiger partial charge in [-0.05, 0) is 68.3 Å². The van der Waals surface area contributed by atoms with E-state index < -0.39 is 0 Å². The monoisotopic (exact) mass is 456 g/mol. The van der Waals surface area contributed by atoms with Crippen molar-refractivity contribution in [3.63, 3.8) is 0 Å². The molecule has 0 unspecified atom stereocenters. The van der Waals surface area contributed by atoms with E-state index in [9.17, 15) is 9.90 Å². The lowest BCUT2D eigenvalue weighted by Crippen LogP contribution is -2.37. The quantitative estimate of drug-likeness (QED) is 0.430. The van der Waals surface area contributed by atoms with Crippen molar-refractivity contribution < 1.29 is 9.84 Å². The molecule has 1 atom stereocenters. The van der Waals surface area contributed by atoms with Crippen LogP contribution in [0.15, 0.2) is 29.1 Å². The molecule has 0 spiro atoms. The Labute approximate surface area is 194 Å². The normalized spacial score (nSPS) is 13.1. The second-order valence-electron chi connectivity index (χ2n) is 8.92. The van der Waals surface area contributed by atoms with Gasteiger partial charge in [0.15, 0.2) is 5.82 Å². The molecular weight excluding hydrogens is 420 g/mol. The van der Waals surface area contributed by atoms with E-state index in [1.54, 1.807) is 0 Å². The minimum Gasteiger partial charge on any atom is -0.494 e. The fourth-order valence-corrected chi connectivity index (χ4v) is 4.03. The van der Waals surface area contributed by atoms with E-state index in [0.717, 1.165) is 41.7 Å². The third-order valence-electron chi connectivity index (χ3n) is 6.20. The zero-order valence-corrected chi connectivity index (χ0v) is 20.3. The molecule has 0 bridgehead atoms. The van der Waals surface area contributed by atoms with Crippen molar-refractivity contribution in [3.05, 3.63) is 46.0 Å². The van der Waals surface area contributed by atoms with Crippen molar-refractivity contribution in [3.8, 4) is 5.75 Å². The lowest BCUT2D eigenvalue weighted by atomic mass is 10.0. The number of fused-ring (bicyclic) bond motifs is 1. The van der Waals surface area contributed by atoms with Gasteiger partial charge in [-0.25, -0.2) is 4.68 Å².